The molecule has 0 bridgehead atoms. The zero-order valence-corrected chi connectivity index (χ0v) is 12.6. The maximum atomic E-state index is 5.78. The molecule has 0 fully saturated rings. The van der Waals surface area contributed by atoms with E-state index in [1.807, 2.05) is 12.1 Å². The van der Waals surface area contributed by atoms with Gasteiger partial charge in [-0.2, -0.15) is 4.98 Å². The first-order valence-electron chi connectivity index (χ1n) is 6.26. The van der Waals surface area contributed by atoms with Crippen molar-refractivity contribution in [2.45, 2.75) is 26.2 Å². The molecule has 2 rings (SSSR count). The molecule has 0 aromatic carbocycles. The number of hydrogen-bond donors (Lipinski definition) is 1. The Labute approximate surface area is 120 Å². The van der Waals surface area contributed by atoms with Gasteiger partial charge in [-0.3, -0.25) is 4.98 Å². The molecular weight excluding hydrogens is 308 g/mol. The molecule has 2 heterocycles. The molecule has 2 aromatic heterocycles. The lowest BCUT2D eigenvalue weighted by Crippen LogP contribution is -2.15. The maximum absolute atomic E-state index is 5.78. The zero-order chi connectivity index (χ0) is 13.8. The van der Waals surface area contributed by atoms with Crippen LogP contribution in [0.5, 0.6) is 0 Å². The lowest BCUT2D eigenvalue weighted by atomic mass is 9.97. The Kier molecular flexibility index (Phi) is 4.66. The van der Waals surface area contributed by atoms with Gasteiger partial charge in [-0.05, 0) is 40.4 Å². The second-order valence-corrected chi connectivity index (χ2v) is 5.71. The Morgan fingerprint density at radius 1 is 1.42 bits per heavy atom. The molecule has 102 valence electrons. The van der Waals surface area contributed by atoms with E-state index < -0.39 is 0 Å². The highest BCUT2D eigenvalue weighted by Crippen LogP contribution is 2.26. The Balaban J connectivity index is 2.26. The van der Waals surface area contributed by atoms with Gasteiger partial charge in [-0.15, -0.1) is 0 Å². The molecule has 5 nitrogen and oxygen atoms in total. The van der Waals surface area contributed by atoms with Gasteiger partial charge in [0, 0.05) is 17.2 Å². The van der Waals surface area contributed by atoms with Crippen molar-refractivity contribution in [1.29, 1.82) is 0 Å². The number of pyridine rings is 1. The van der Waals surface area contributed by atoms with Crippen LogP contribution in [0.3, 0.4) is 0 Å². The average Bonchev–Trinajstić information content (AvgIpc) is 2.85. The summed E-state index contributed by atoms with van der Waals surface area (Å²) in [4.78, 5) is 8.66. The van der Waals surface area contributed by atoms with Gasteiger partial charge in [0.2, 0.25) is 11.7 Å². The number of nitrogens with two attached hydrogens (primary N) is 1. The first-order chi connectivity index (χ1) is 9.11. The largest absolute Gasteiger partial charge is 0.339 e. The minimum Gasteiger partial charge on any atom is -0.339 e. The number of hydrogen-bond acceptors (Lipinski definition) is 5. The van der Waals surface area contributed by atoms with Crippen molar-refractivity contribution < 1.29 is 4.52 Å². The normalized spacial score (nSPS) is 12.9. The van der Waals surface area contributed by atoms with E-state index in [0.29, 0.717) is 29.9 Å². The predicted octanol–water partition coefficient (Wildman–Crippen LogP) is 2.98. The lowest BCUT2D eigenvalue weighted by Gasteiger charge is -2.11. The number of rotatable bonds is 5. The Bertz CT molecular complexity index is 541. The number of aromatic nitrogens is 3. The van der Waals surface area contributed by atoms with Crippen molar-refractivity contribution >= 4 is 15.9 Å². The monoisotopic (exact) mass is 324 g/mol. The summed E-state index contributed by atoms with van der Waals surface area (Å²) in [6, 6.07) is 3.74. The minimum atomic E-state index is 0.101. The molecule has 0 aliphatic heterocycles. The third-order valence-electron chi connectivity index (χ3n) is 2.80. The summed E-state index contributed by atoms with van der Waals surface area (Å²) >= 11 is 3.43. The smallest absolute Gasteiger partial charge is 0.231 e. The Morgan fingerprint density at radius 2 is 2.21 bits per heavy atom. The van der Waals surface area contributed by atoms with Gasteiger partial charge in [0.05, 0.1) is 5.92 Å². The van der Waals surface area contributed by atoms with Gasteiger partial charge >= 0.3 is 0 Å². The van der Waals surface area contributed by atoms with Gasteiger partial charge in [-0.1, -0.05) is 19.0 Å². The van der Waals surface area contributed by atoms with E-state index in [0.717, 1.165) is 10.9 Å². The quantitative estimate of drug-likeness (QED) is 0.914. The molecule has 2 aromatic rings. The molecule has 0 saturated carbocycles. The molecule has 0 spiro atoms. The highest BCUT2D eigenvalue weighted by molar-refractivity contribution is 9.10. The van der Waals surface area contributed by atoms with Crippen molar-refractivity contribution in [2.75, 3.05) is 6.54 Å². The van der Waals surface area contributed by atoms with Crippen molar-refractivity contribution in [3.05, 3.63) is 28.7 Å². The third-order valence-corrected chi connectivity index (χ3v) is 3.44. The summed E-state index contributed by atoms with van der Waals surface area (Å²) in [5.41, 5.74) is 6.46. The SMILES string of the molecule is CC(C)CC(CN)c1nc(-c2ncccc2Br)no1. The van der Waals surface area contributed by atoms with Crippen LogP contribution in [0.4, 0.5) is 0 Å². The second kappa shape index (κ2) is 6.25. The van der Waals surface area contributed by atoms with Crippen LogP contribution in [0.15, 0.2) is 27.3 Å². The average molecular weight is 325 g/mol. The minimum absolute atomic E-state index is 0.101. The number of halogens is 1. The third kappa shape index (κ3) is 3.39. The van der Waals surface area contributed by atoms with E-state index in [-0.39, 0.29) is 5.92 Å². The van der Waals surface area contributed by atoms with E-state index in [4.69, 9.17) is 10.3 Å². The van der Waals surface area contributed by atoms with Gasteiger partial charge in [-0.25, -0.2) is 0 Å². The van der Waals surface area contributed by atoms with E-state index >= 15 is 0 Å². The van der Waals surface area contributed by atoms with Crippen LogP contribution in [0.25, 0.3) is 11.5 Å². The van der Waals surface area contributed by atoms with Crippen LogP contribution in [0, 0.1) is 5.92 Å². The van der Waals surface area contributed by atoms with Crippen molar-refractivity contribution in [2.24, 2.45) is 11.7 Å². The summed E-state index contributed by atoms with van der Waals surface area (Å²) in [6.07, 6.45) is 2.63. The second-order valence-electron chi connectivity index (χ2n) is 4.85. The van der Waals surface area contributed by atoms with E-state index in [1.54, 1.807) is 6.20 Å². The van der Waals surface area contributed by atoms with Gasteiger partial charge in [0.25, 0.3) is 0 Å². The summed E-state index contributed by atoms with van der Waals surface area (Å²) in [6.45, 7) is 4.80. The van der Waals surface area contributed by atoms with Crippen LogP contribution < -0.4 is 5.73 Å². The molecule has 0 saturated heterocycles. The summed E-state index contributed by atoms with van der Waals surface area (Å²) in [5, 5.41) is 3.99. The van der Waals surface area contributed by atoms with E-state index in [1.165, 1.54) is 0 Å². The fourth-order valence-electron chi connectivity index (χ4n) is 1.91. The highest BCUT2D eigenvalue weighted by Gasteiger charge is 2.20. The molecule has 0 aliphatic rings. The number of nitrogens with zero attached hydrogens (tertiary/aromatic N) is 3. The Morgan fingerprint density at radius 3 is 2.84 bits per heavy atom. The van der Waals surface area contributed by atoms with Gasteiger partial charge in [0.15, 0.2) is 0 Å². The maximum Gasteiger partial charge on any atom is 0.231 e. The molecule has 19 heavy (non-hydrogen) atoms. The topological polar surface area (TPSA) is 77.8 Å². The standard InChI is InChI=1S/C13H17BrN4O/c1-8(2)6-9(7-15)13-17-12(18-19-13)11-10(14)4-3-5-16-11/h3-5,8-9H,6-7,15H2,1-2H3. The van der Waals surface area contributed by atoms with Crippen LogP contribution in [-0.4, -0.2) is 21.7 Å². The summed E-state index contributed by atoms with van der Waals surface area (Å²) < 4.78 is 6.17. The Hall–Kier alpha value is -1.27. The molecule has 0 amide bonds. The molecular formula is C13H17BrN4O. The van der Waals surface area contributed by atoms with Crippen molar-refractivity contribution in [3.63, 3.8) is 0 Å². The molecule has 0 radical (unpaired) electrons. The molecule has 0 aliphatic carbocycles. The zero-order valence-electron chi connectivity index (χ0n) is 11.0. The first-order valence-corrected chi connectivity index (χ1v) is 7.05. The van der Waals surface area contributed by atoms with Crippen LogP contribution in [0.1, 0.15) is 32.1 Å². The van der Waals surface area contributed by atoms with Crippen LogP contribution >= 0.6 is 15.9 Å². The van der Waals surface area contributed by atoms with E-state index in [2.05, 4.69) is 44.9 Å². The van der Waals surface area contributed by atoms with E-state index in [9.17, 15) is 0 Å². The predicted molar refractivity (Wildman–Crippen MR) is 76.5 cm³/mol. The highest BCUT2D eigenvalue weighted by atomic mass is 79.9. The summed E-state index contributed by atoms with van der Waals surface area (Å²) in [5.74, 6) is 1.71. The molecule has 6 heteroatoms. The molecule has 1 atom stereocenters. The van der Waals surface area contributed by atoms with Crippen molar-refractivity contribution in [3.8, 4) is 11.5 Å². The van der Waals surface area contributed by atoms with Gasteiger partial charge in [0.1, 0.15) is 5.69 Å². The lowest BCUT2D eigenvalue weighted by molar-refractivity contribution is 0.334. The van der Waals surface area contributed by atoms with Crippen LogP contribution in [-0.2, 0) is 0 Å². The summed E-state index contributed by atoms with van der Waals surface area (Å²) in [7, 11) is 0. The molecule has 2 N–H and O–H groups in total. The van der Waals surface area contributed by atoms with Crippen LogP contribution in [0.2, 0.25) is 0 Å². The molecule has 1 unspecified atom stereocenters. The fourth-order valence-corrected chi connectivity index (χ4v) is 2.35. The van der Waals surface area contributed by atoms with Crippen molar-refractivity contribution in [1.82, 2.24) is 15.1 Å². The first kappa shape index (κ1) is 14.1. The fraction of sp³-hybridized carbons (Fsp3) is 0.462. The van der Waals surface area contributed by atoms with Gasteiger partial charge < -0.3 is 10.3 Å².